The lowest BCUT2D eigenvalue weighted by molar-refractivity contribution is -0.895. The lowest BCUT2D eigenvalue weighted by Gasteiger charge is -2.33. The number of sulfonamides is 1. The van der Waals surface area contributed by atoms with Crippen LogP contribution in [0.2, 0.25) is 5.02 Å². The third kappa shape index (κ3) is 5.22. The number of hydrogen-bond donors (Lipinski definition) is 2. The topological polar surface area (TPSA) is 70.9 Å². The highest BCUT2D eigenvalue weighted by Crippen LogP contribution is 2.23. The van der Waals surface area contributed by atoms with Crippen molar-refractivity contribution in [1.82, 2.24) is 9.62 Å². The summed E-state index contributed by atoms with van der Waals surface area (Å²) in [4.78, 5) is 13.8. The minimum absolute atomic E-state index is 0.0813. The number of piperazine rings is 1. The number of amides is 1. The van der Waals surface area contributed by atoms with Crippen LogP contribution in [0.15, 0.2) is 29.2 Å². The van der Waals surface area contributed by atoms with Crippen LogP contribution in [-0.2, 0) is 14.8 Å². The van der Waals surface area contributed by atoms with Gasteiger partial charge in [-0.05, 0) is 43.0 Å². The molecule has 2 aliphatic rings. The molecule has 2 fully saturated rings. The molecule has 1 amide bonds. The van der Waals surface area contributed by atoms with Crippen molar-refractivity contribution in [1.29, 1.82) is 0 Å². The van der Waals surface area contributed by atoms with Gasteiger partial charge in [0, 0.05) is 11.1 Å². The van der Waals surface area contributed by atoms with Crippen molar-refractivity contribution in [3.63, 3.8) is 0 Å². The van der Waals surface area contributed by atoms with E-state index in [2.05, 4.69) is 12.2 Å². The molecular weight excluding hydrogens is 386 g/mol. The number of benzene rings is 1. The maximum atomic E-state index is 12.7. The lowest BCUT2D eigenvalue weighted by Crippen LogP contribution is -3.15. The Balaban J connectivity index is 1.49. The summed E-state index contributed by atoms with van der Waals surface area (Å²) < 4.78 is 26.9. The van der Waals surface area contributed by atoms with Crippen molar-refractivity contribution in [3.05, 3.63) is 29.3 Å². The molecule has 6 nitrogen and oxygen atoms in total. The summed E-state index contributed by atoms with van der Waals surface area (Å²) >= 11 is 5.84. The predicted octanol–water partition coefficient (Wildman–Crippen LogP) is 0.924. The highest BCUT2D eigenvalue weighted by atomic mass is 35.5. The van der Waals surface area contributed by atoms with Gasteiger partial charge in [0.2, 0.25) is 10.0 Å². The molecule has 8 heteroatoms. The first-order valence-electron chi connectivity index (χ1n) is 9.75. The zero-order valence-electron chi connectivity index (χ0n) is 15.8. The van der Waals surface area contributed by atoms with Crippen LogP contribution in [0.5, 0.6) is 0 Å². The molecule has 0 unspecified atom stereocenters. The van der Waals surface area contributed by atoms with Crippen LogP contribution in [0.1, 0.15) is 32.6 Å². The van der Waals surface area contributed by atoms with E-state index in [-0.39, 0.29) is 16.8 Å². The Hall–Kier alpha value is -1.15. The molecule has 150 valence electrons. The fraction of sp³-hybridized carbons (Fsp3) is 0.632. The smallest absolute Gasteiger partial charge is 0.275 e. The van der Waals surface area contributed by atoms with Gasteiger partial charge >= 0.3 is 0 Å². The zero-order valence-corrected chi connectivity index (χ0v) is 17.4. The van der Waals surface area contributed by atoms with E-state index in [9.17, 15) is 13.2 Å². The highest BCUT2D eigenvalue weighted by Gasteiger charge is 2.31. The molecule has 0 aromatic heterocycles. The Labute approximate surface area is 166 Å². The first-order valence-corrected chi connectivity index (χ1v) is 11.6. The van der Waals surface area contributed by atoms with Gasteiger partial charge < -0.3 is 10.2 Å². The van der Waals surface area contributed by atoms with Gasteiger partial charge in [-0.3, -0.25) is 4.79 Å². The number of hydrogen-bond acceptors (Lipinski definition) is 3. The maximum Gasteiger partial charge on any atom is 0.275 e. The number of rotatable bonds is 5. The van der Waals surface area contributed by atoms with E-state index in [1.807, 2.05) is 0 Å². The van der Waals surface area contributed by atoms with E-state index in [1.165, 1.54) is 35.7 Å². The molecule has 1 saturated carbocycles. The summed E-state index contributed by atoms with van der Waals surface area (Å²) in [6.07, 6.45) is 4.68. The Morgan fingerprint density at radius 2 is 1.81 bits per heavy atom. The third-order valence-electron chi connectivity index (χ3n) is 5.75. The van der Waals surface area contributed by atoms with E-state index < -0.39 is 10.0 Å². The van der Waals surface area contributed by atoms with Crippen LogP contribution in [0.3, 0.4) is 0 Å². The molecule has 0 bridgehead atoms. The Bertz CT molecular complexity index is 746. The third-order valence-corrected chi connectivity index (χ3v) is 7.91. The van der Waals surface area contributed by atoms with Crippen LogP contribution in [0.25, 0.3) is 0 Å². The Morgan fingerprint density at radius 3 is 2.44 bits per heavy atom. The molecule has 3 rings (SSSR count). The van der Waals surface area contributed by atoms with Crippen LogP contribution >= 0.6 is 11.6 Å². The van der Waals surface area contributed by atoms with Crippen LogP contribution in [-0.4, -0.2) is 57.4 Å². The summed E-state index contributed by atoms with van der Waals surface area (Å²) in [5.74, 6) is 0.622. The highest BCUT2D eigenvalue weighted by molar-refractivity contribution is 7.89. The van der Waals surface area contributed by atoms with E-state index in [1.54, 1.807) is 12.1 Å². The predicted molar refractivity (Wildman–Crippen MR) is 105 cm³/mol. The normalized spacial score (nSPS) is 25.3. The molecule has 2 atom stereocenters. The van der Waals surface area contributed by atoms with Crippen molar-refractivity contribution in [2.24, 2.45) is 5.92 Å². The molecule has 27 heavy (non-hydrogen) atoms. The number of nitrogens with zero attached hydrogens (tertiary/aromatic N) is 1. The standard InChI is InChI=1S/C19H28ClN3O3S/c1-15-4-2-3-5-18(15)21-19(24)14-22-10-12-23(13-11-22)27(25,26)17-8-6-16(20)7-9-17/h6-9,15,18H,2-5,10-14H2,1H3,(H,21,24)/p+1/t15-,18-/m1/s1. The zero-order chi connectivity index (χ0) is 19.4. The van der Waals surface area contributed by atoms with Gasteiger partial charge in [-0.2, -0.15) is 4.31 Å². The average molecular weight is 415 g/mol. The maximum absolute atomic E-state index is 12.7. The van der Waals surface area contributed by atoms with Gasteiger partial charge in [-0.25, -0.2) is 8.42 Å². The monoisotopic (exact) mass is 414 g/mol. The number of carbonyl (C=O) groups is 1. The molecule has 1 aromatic rings. The molecule has 1 aliphatic heterocycles. The largest absolute Gasteiger partial charge is 0.348 e. The number of nitrogens with one attached hydrogen (secondary N) is 2. The number of halogens is 1. The van der Waals surface area contributed by atoms with Crippen LogP contribution in [0, 0.1) is 5.92 Å². The van der Waals surface area contributed by atoms with Gasteiger partial charge in [0.1, 0.15) is 0 Å². The quantitative estimate of drug-likeness (QED) is 0.752. The fourth-order valence-corrected chi connectivity index (χ4v) is 5.56. The minimum atomic E-state index is -3.50. The second-order valence-electron chi connectivity index (χ2n) is 7.72. The molecule has 1 saturated heterocycles. The van der Waals surface area contributed by atoms with E-state index >= 15 is 0 Å². The summed E-state index contributed by atoms with van der Waals surface area (Å²) in [6.45, 7) is 4.75. The summed E-state index contributed by atoms with van der Waals surface area (Å²) in [5.41, 5.74) is 0. The van der Waals surface area contributed by atoms with Crippen molar-refractivity contribution in [2.75, 3.05) is 32.7 Å². The van der Waals surface area contributed by atoms with Gasteiger partial charge in [-0.15, -0.1) is 0 Å². The molecule has 1 heterocycles. The molecule has 0 spiro atoms. The van der Waals surface area contributed by atoms with Crippen LogP contribution < -0.4 is 10.2 Å². The Morgan fingerprint density at radius 1 is 1.19 bits per heavy atom. The first-order chi connectivity index (χ1) is 12.9. The van der Waals surface area contributed by atoms with Gasteiger partial charge in [0.15, 0.2) is 6.54 Å². The van der Waals surface area contributed by atoms with Crippen LogP contribution in [0.4, 0.5) is 0 Å². The molecule has 2 N–H and O–H groups in total. The van der Waals surface area contributed by atoms with Gasteiger partial charge in [0.05, 0.1) is 31.1 Å². The van der Waals surface area contributed by atoms with Crippen molar-refractivity contribution in [2.45, 2.75) is 43.5 Å². The summed E-state index contributed by atoms with van der Waals surface area (Å²) in [5, 5.41) is 3.70. The van der Waals surface area contributed by atoms with Crippen molar-refractivity contribution in [3.8, 4) is 0 Å². The SMILES string of the molecule is C[C@@H]1CCCC[C@H]1NC(=O)C[NH+]1CCN(S(=O)(=O)c2ccc(Cl)cc2)CC1. The average Bonchev–Trinajstić information content (AvgIpc) is 2.64. The van der Waals surface area contributed by atoms with Gasteiger partial charge in [-0.1, -0.05) is 31.4 Å². The van der Waals surface area contributed by atoms with Gasteiger partial charge in [0.25, 0.3) is 5.91 Å². The number of quaternary nitrogens is 1. The second-order valence-corrected chi connectivity index (χ2v) is 10.1. The molecule has 1 aromatic carbocycles. The second kappa shape index (κ2) is 8.90. The van der Waals surface area contributed by atoms with Crippen molar-refractivity contribution < 1.29 is 18.1 Å². The summed E-state index contributed by atoms with van der Waals surface area (Å²) in [7, 11) is -3.50. The molecular formula is C19H29ClN3O3S+. The molecule has 1 aliphatic carbocycles. The first kappa shape index (κ1) is 20.6. The van der Waals surface area contributed by atoms with Crippen molar-refractivity contribution >= 4 is 27.5 Å². The van der Waals surface area contributed by atoms with E-state index in [0.717, 1.165) is 11.3 Å². The molecule has 0 radical (unpaired) electrons. The fourth-order valence-electron chi connectivity index (χ4n) is 3.99. The number of carbonyl (C=O) groups excluding carboxylic acids is 1. The summed E-state index contributed by atoms with van der Waals surface area (Å²) in [6, 6.07) is 6.54. The Kier molecular flexibility index (Phi) is 6.78. The minimum Gasteiger partial charge on any atom is -0.348 e. The lowest BCUT2D eigenvalue weighted by atomic mass is 9.86. The van der Waals surface area contributed by atoms with E-state index in [0.29, 0.717) is 43.7 Å². The van der Waals surface area contributed by atoms with E-state index in [4.69, 9.17) is 11.6 Å².